The molecule has 2 amide bonds. The van der Waals surface area contributed by atoms with Crippen molar-refractivity contribution in [1.29, 1.82) is 0 Å². The van der Waals surface area contributed by atoms with Gasteiger partial charge in [-0.1, -0.05) is 54.9 Å². The zero-order valence-corrected chi connectivity index (χ0v) is 19.3. The van der Waals surface area contributed by atoms with Gasteiger partial charge in [0.05, 0.1) is 23.9 Å². The third kappa shape index (κ3) is 8.16. The Balaban J connectivity index is 1.49. The summed E-state index contributed by atoms with van der Waals surface area (Å²) in [5, 5.41) is 9.15. The standard InChI is InChI=1S/C26H28ClN3O3/c1-2-7-25(31)29-21-12-13-23(27)24(17-21)28-18-26(32)30-20-10-6-11-22(16-20)33-15-14-19-8-4-3-5-9-19/h3-6,8-13,16-17,28H,2,7,14-15,18H2,1H3,(H,29,31)(H,30,32). The average Bonchev–Trinajstić information content (AvgIpc) is 2.80. The van der Waals surface area contributed by atoms with E-state index in [1.54, 1.807) is 30.3 Å². The molecule has 0 heterocycles. The first kappa shape index (κ1) is 24.1. The quantitative estimate of drug-likeness (QED) is 0.337. The van der Waals surface area contributed by atoms with Crippen LogP contribution < -0.4 is 20.7 Å². The Morgan fingerprint density at radius 1 is 0.879 bits per heavy atom. The van der Waals surface area contributed by atoms with Gasteiger partial charge in [0, 0.05) is 30.3 Å². The first-order valence-electron chi connectivity index (χ1n) is 10.9. The lowest BCUT2D eigenvalue weighted by molar-refractivity contribution is -0.116. The molecular formula is C26H28ClN3O3. The second-order valence-electron chi connectivity index (χ2n) is 7.51. The van der Waals surface area contributed by atoms with Crippen molar-refractivity contribution < 1.29 is 14.3 Å². The molecular weight excluding hydrogens is 438 g/mol. The van der Waals surface area contributed by atoms with Crippen molar-refractivity contribution in [1.82, 2.24) is 0 Å². The number of anilines is 3. The van der Waals surface area contributed by atoms with Crippen LogP contribution >= 0.6 is 11.6 Å². The SMILES string of the molecule is CCCC(=O)Nc1ccc(Cl)c(NCC(=O)Nc2cccc(OCCc3ccccc3)c2)c1. The van der Waals surface area contributed by atoms with Gasteiger partial charge >= 0.3 is 0 Å². The van der Waals surface area contributed by atoms with E-state index in [1.165, 1.54) is 5.56 Å². The summed E-state index contributed by atoms with van der Waals surface area (Å²) in [6, 6.07) is 22.5. The van der Waals surface area contributed by atoms with Crippen LogP contribution in [0, 0.1) is 0 Å². The minimum atomic E-state index is -0.229. The zero-order chi connectivity index (χ0) is 23.5. The molecule has 6 nitrogen and oxygen atoms in total. The van der Waals surface area contributed by atoms with Crippen LogP contribution in [-0.4, -0.2) is 25.0 Å². The molecule has 33 heavy (non-hydrogen) atoms. The fraction of sp³-hybridized carbons (Fsp3) is 0.231. The van der Waals surface area contributed by atoms with Crippen molar-refractivity contribution in [3.8, 4) is 5.75 Å². The maximum Gasteiger partial charge on any atom is 0.243 e. The topological polar surface area (TPSA) is 79.5 Å². The lowest BCUT2D eigenvalue weighted by Gasteiger charge is -2.12. The van der Waals surface area contributed by atoms with Gasteiger partial charge in [-0.15, -0.1) is 0 Å². The largest absolute Gasteiger partial charge is 0.493 e. The number of carbonyl (C=O) groups excluding carboxylic acids is 2. The Morgan fingerprint density at radius 3 is 2.42 bits per heavy atom. The van der Waals surface area contributed by atoms with Crippen LogP contribution in [0.15, 0.2) is 72.8 Å². The van der Waals surface area contributed by atoms with E-state index in [2.05, 4.69) is 28.1 Å². The fourth-order valence-corrected chi connectivity index (χ4v) is 3.35. The maximum atomic E-state index is 12.4. The van der Waals surface area contributed by atoms with Gasteiger partial charge in [-0.05, 0) is 42.3 Å². The highest BCUT2D eigenvalue weighted by Gasteiger charge is 2.08. The molecule has 0 aliphatic carbocycles. The highest BCUT2D eigenvalue weighted by Crippen LogP contribution is 2.25. The van der Waals surface area contributed by atoms with Crippen LogP contribution in [-0.2, 0) is 16.0 Å². The Labute approximate surface area is 199 Å². The third-order valence-corrected chi connectivity index (χ3v) is 5.12. The van der Waals surface area contributed by atoms with Crippen LogP contribution in [0.5, 0.6) is 5.75 Å². The molecule has 3 aromatic carbocycles. The Hall–Kier alpha value is -3.51. The summed E-state index contributed by atoms with van der Waals surface area (Å²) in [6.07, 6.45) is 2.02. The monoisotopic (exact) mass is 465 g/mol. The van der Waals surface area contributed by atoms with Crippen molar-refractivity contribution >= 4 is 40.5 Å². The van der Waals surface area contributed by atoms with E-state index in [0.29, 0.717) is 40.9 Å². The first-order valence-corrected chi connectivity index (χ1v) is 11.3. The van der Waals surface area contributed by atoms with Crippen LogP contribution in [0.25, 0.3) is 0 Å². The van der Waals surface area contributed by atoms with Crippen molar-refractivity contribution in [2.24, 2.45) is 0 Å². The van der Waals surface area contributed by atoms with E-state index in [4.69, 9.17) is 16.3 Å². The minimum absolute atomic E-state index is 0.0190. The molecule has 0 spiro atoms. The van der Waals surface area contributed by atoms with E-state index >= 15 is 0 Å². The molecule has 0 saturated heterocycles. The number of carbonyl (C=O) groups is 2. The van der Waals surface area contributed by atoms with Gasteiger partial charge in [-0.25, -0.2) is 0 Å². The average molecular weight is 466 g/mol. The lowest BCUT2D eigenvalue weighted by atomic mass is 10.2. The predicted octanol–water partition coefficient (Wildman–Crippen LogP) is 5.75. The van der Waals surface area contributed by atoms with Crippen LogP contribution in [0.1, 0.15) is 25.3 Å². The minimum Gasteiger partial charge on any atom is -0.493 e. The van der Waals surface area contributed by atoms with E-state index < -0.39 is 0 Å². The van der Waals surface area contributed by atoms with E-state index in [0.717, 1.165) is 12.8 Å². The maximum absolute atomic E-state index is 12.4. The fourth-order valence-electron chi connectivity index (χ4n) is 3.16. The Kier molecular flexibility index (Phi) is 9.15. The van der Waals surface area contributed by atoms with Crippen LogP contribution in [0.4, 0.5) is 17.1 Å². The normalized spacial score (nSPS) is 10.4. The highest BCUT2D eigenvalue weighted by atomic mass is 35.5. The van der Waals surface area contributed by atoms with Gasteiger partial charge in [0.1, 0.15) is 5.75 Å². The van der Waals surface area contributed by atoms with Gasteiger partial charge in [-0.2, -0.15) is 0 Å². The molecule has 3 N–H and O–H groups in total. The summed E-state index contributed by atoms with van der Waals surface area (Å²) < 4.78 is 5.82. The summed E-state index contributed by atoms with van der Waals surface area (Å²) in [5.41, 5.74) is 3.05. The summed E-state index contributed by atoms with van der Waals surface area (Å²) in [6.45, 7) is 2.51. The van der Waals surface area contributed by atoms with Crippen LogP contribution in [0.2, 0.25) is 5.02 Å². The number of halogens is 1. The molecule has 0 saturated carbocycles. The number of hydrogen-bond acceptors (Lipinski definition) is 4. The molecule has 0 aromatic heterocycles. The molecule has 0 radical (unpaired) electrons. The molecule has 3 aromatic rings. The van der Waals surface area contributed by atoms with E-state index in [9.17, 15) is 9.59 Å². The molecule has 0 bridgehead atoms. The molecule has 0 atom stereocenters. The van der Waals surface area contributed by atoms with Gasteiger partial charge in [-0.3, -0.25) is 9.59 Å². The number of ether oxygens (including phenoxy) is 1. The van der Waals surface area contributed by atoms with Crippen molar-refractivity contribution in [2.75, 3.05) is 29.1 Å². The lowest BCUT2D eigenvalue weighted by Crippen LogP contribution is -2.22. The second-order valence-corrected chi connectivity index (χ2v) is 7.91. The Bertz CT molecular complexity index is 1070. The number of rotatable bonds is 11. The summed E-state index contributed by atoms with van der Waals surface area (Å²) in [4.78, 5) is 24.2. The third-order valence-electron chi connectivity index (χ3n) is 4.79. The van der Waals surface area contributed by atoms with Gasteiger partial charge in [0.25, 0.3) is 0 Å². The molecule has 0 unspecified atom stereocenters. The molecule has 172 valence electrons. The molecule has 3 rings (SSSR count). The van der Waals surface area contributed by atoms with Crippen molar-refractivity contribution in [3.63, 3.8) is 0 Å². The van der Waals surface area contributed by atoms with Crippen molar-refractivity contribution in [2.45, 2.75) is 26.2 Å². The number of hydrogen-bond donors (Lipinski definition) is 3. The smallest absolute Gasteiger partial charge is 0.243 e. The molecule has 7 heteroatoms. The summed E-state index contributed by atoms with van der Waals surface area (Å²) >= 11 is 6.23. The van der Waals surface area contributed by atoms with Crippen molar-refractivity contribution in [3.05, 3.63) is 83.4 Å². The molecule has 0 aliphatic heterocycles. The number of benzene rings is 3. The van der Waals surface area contributed by atoms with Gasteiger partial charge < -0.3 is 20.7 Å². The van der Waals surface area contributed by atoms with E-state index in [-0.39, 0.29) is 18.4 Å². The molecule has 0 fully saturated rings. The van der Waals surface area contributed by atoms with Crippen LogP contribution in [0.3, 0.4) is 0 Å². The Morgan fingerprint density at radius 2 is 1.64 bits per heavy atom. The number of nitrogens with one attached hydrogen (secondary N) is 3. The highest BCUT2D eigenvalue weighted by molar-refractivity contribution is 6.33. The zero-order valence-electron chi connectivity index (χ0n) is 18.6. The summed E-state index contributed by atoms with van der Waals surface area (Å²) in [7, 11) is 0. The second kappa shape index (κ2) is 12.5. The van der Waals surface area contributed by atoms with E-state index in [1.807, 2.05) is 37.3 Å². The molecule has 0 aliphatic rings. The van der Waals surface area contributed by atoms with Gasteiger partial charge in [0.2, 0.25) is 11.8 Å². The summed E-state index contributed by atoms with van der Waals surface area (Å²) in [5.74, 6) is 0.401. The number of amides is 2. The first-order chi connectivity index (χ1) is 16.0. The van der Waals surface area contributed by atoms with Gasteiger partial charge in [0.15, 0.2) is 0 Å². The predicted molar refractivity (Wildman–Crippen MR) is 134 cm³/mol.